The zero-order valence-electron chi connectivity index (χ0n) is 10.8. The molecule has 0 spiro atoms. The van der Waals surface area contributed by atoms with Crippen molar-refractivity contribution in [2.75, 3.05) is 12.4 Å². The first-order valence-corrected chi connectivity index (χ1v) is 6.75. The molecule has 0 bridgehead atoms. The molecule has 0 aliphatic rings. The van der Waals surface area contributed by atoms with Crippen LogP contribution in [0.4, 0.5) is 0 Å². The van der Waals surface area contributed by atoms with Crippen molar-refractivity contribution in [3.63, 3.8) is 0 Å². The van der Waals surface area contributed by atoms with Crippen molar-refractivity contribution >= 4 is 23.6 Å². The van der Waals surface area contributed by atoms with Gasteiger partial charge in [-0.15, -0.1) is 11.8 Å². The van der Waals surface area contributed by atoms with Gasteiger partial charge in [0.25, 0.3) is 0 Å². The maximum Gasteiger partial charge on any atom is 0.328 e. The van der Waals surface area contributed by atoms with E-state index >= 15 is 0 Å². The third kappa shape index (κ3) is 4.92. The summed E-state index contributed by atoms with van der Waals surface area (Å²) in [5, 5.41) is 19.8. The summed E-state index contributed by atoms with van der Waals surface area (Å²) in [6, 6.07) is 4.70. The number of hydrogen-bond donors (Lipinski definition) is 3. The summed E-state index contributed by atoms with van der Waals surface area (Å²) in [7, 11) is 0. The molecule has 0 fully saturated rings. The monoisotopic (exact) mass is 283 g/mol. The number of aryl methyl sites for hydroxylation is 2. The third-order valence-corrected chi connectivity index (χ3v) is 3.68. The number of aliphatic carboxylic acids is 1. The van der Waals surface area contributed by atoms with Crippen LogP contribution in [0.3, 0.4) is 0 Å². The second kappa shape index (κ2) is 7.16. The Morgan fingerprint density at radius 3 is 2.63 bits per heavy atom. The average molecular weight is 283 g/mol. The van der Waals surface area contributed by atoms with E-state index in [0.29, 0.717) is 0 Å². The number of carbonyl (C=O) groups is 2. The van der Waals surface area contributed by atoms with Gasteiger partial charge in [-0.25, -0.2) is 4.79 Å². The Kier molecular flexibility index (Phi) is 5.85. The van der Waals surface area contributed by atoms with Crippen LogP contribution in [0.1, 0.15) is 11.1 Å². The predicted octanol–water partition coefficient (Wildman–Crippen LogP) is 0.957. The second-order valence-electron chi connectivity index (χ2n) is 4.20. The van der Waals surface area contributed by atoms with Gasteiger partial charge >= 0.3 is 5.97 Å². The van der Waals surface area contributed by atoms with Crippen LogP contribution >= 0.6 is 11.8 Å². The summed E-state index contributed by atoms with van der Waals surface area (Å²) < 4.78 is 0. The van der Waals surface area contributed by atoms with Gasteiger partial charge in [-0.2, -0.15) is 0 Å². The van der Waals surface area contributed by atoms with Crippen LogP contribution in [0.15, 0.2) is 23.1 Å². The Balaban J connectivity index is 2.54. The fraction of sp³-hybridized carbons (Fsp3) is 0.385. The molecular formula is C13H17NO4S. The molecule has 19 heavy (non-hydrogen) atoms. The molecule has 1 atom stereocenters. The molecule has 0 saturated heterocycles. The average Bonchev–Trinajstić information content (AvgIpc) is 2.36. The van der Waals surface area contributed by atoms with Crippen LogP contribution in [-0.4, -0.2) is 40.5 Å². The second-order valence-corrected chi connectivity index (χ2v) is 5.22. The predicted molar refractivity (Wildman–Crippen MR) is 73.3 cm³/mol. The summed E-state index contributed by atoms with van der Waals surface area (Å²) in [6.45, 7) is 3.30. The summed E-state index contributed by atoms with van der Waals surface area (Å²) >= 11 is 1.35. The highest BCUT2D eigenvalue weighted by Gasteiger charge is 2.18. The van der Waals surface area contributed by atoms with Crippen molar-refractivity contribution in [3.05, 3.63) is 29.3 Å². The minimum atomic E-state index is -1.24. The summed E-state index contributed by atoms with van der Waals surface area (Å²) in [4.78, 5) is 23.2. The van der Waals surface area contributed by atoms with Gasteiger partial charge in [0.2, 0.25) is 5.91 Å². The van der Waals surface area contributed by atoms with Crippen LogP contribution < -0.4 is 5.32 Å². The van der Waals surface area contributed by atoms with E-state index in [-0.39, 0.29) is 5.75 Å². The lowest BCUT2D eigenvalue weighted by Crippen LogP contribution is -2.44. The van der Waals surface area contributed by atoms with E-state index in [9.17, 15) is 9.59 Å². The molecule has 3 N–H and O–H groups in total. The highest BCUT2D eigenvalue weighted by atomic mass is 32.2. The number of carboxylic acids is 1. The topological polar surface area (TPSA) is 86.6 Å². The summed E-state index contributed by atoms with van der Waals surface area (Å²) in [5.74, 6) is -1.53. The number of aliphatic hydroxyl groups is 1. The lowest BCUT2D eigenvalue weighted by Gasteiger charge is -2.12. The van der Waals surface area contributed by atoms with E-state index in [1.807, 2.05) is 32.0 Å². The van der Waals surface area contributed by atoms with Gasteiger partial charge in [0.05, 0.1) is 12.4 Å². The normalized spacial score (nSPS) is 11.9. The Labute approximate surface area is 116 Å². The number of carboxylic acid groups (broad SMARTS) is 1. The Morgan fingerprint density at radius 1 is 1.37 bits per heavy atom. The van der Waals surface area contributed by atoms with E-state index in [2.05, 4.69) is 5.32 Å². The van der Waals surface area contributed by atoms with Crippen molar-refractivity contribution in [3.8, 4) is 0 Å². The summed E-state index contributed by atoms with van der Waals surface area (Å²) in [6.07, 6.45) is 0. The van der Waals surface area contributed by atoms with E-state index in [1.54, 1.807) is 0 Å². The SMILES string of the molecule is Cc1ccc(C)c(SCC(=O)N[C@@H](CO)C(=O)O)c1. The molecule has 104 valence electrons. The number of nitrogens with one attached hydrogen (secondary N) is 1. The molecular weight excluding hydrogens is 266 g/mol. The van der Waals surface area contributed by atoms with Crippen molar-refractivity contribution in [1.82, 2.24) is 5.32 Å². The Bertz CT molecular complexity index is 476. The molecule has 1 aromatic rings. The van der Waals surface area contributed by atoms with Gasteiger partial charge in [0.15, 0.2) is 0 Å². The van der Waals surface area contributed by atoms with Gasteiger partial charge in [0.1, 0.15) is 6.04 Å². The number of thioether (sulfide) groups is 1. The van der Waals surface area contributed by atoms with Crippen molar-refractivity contribution in [1.29, 1.82) is 0 Å². The van der Waals surface area contributed by atoms with Crippen molar-refractivity contribution < 1.29 is 19.8 Å². The molecule has 5 nitrogen and oxygen atoms in total. The first-order chi connectivity index (χ1) is 8.93. The van der Waals surface area contributed by atoms with Gasteiger partial charge < -0.3 is 15.5 Å². The minimum Gasteiger partial charge on any atom is -0.480 e. The highest BCUT2D eigenvalue weighted by Crippen LogP contribution is 2.23. The van der Waals surface area contributed by atoms with Crippen LogP contribution in [0.2, 0.25) is 0 Å². The van der Waals surface area contributed by atoms with E-state index in [0.717, 1.165) is 16.0 Å². The lowest BCUT2D eigenvalue weighted by molar-refractivity contribution is -0.142. The number of carbonyl (C=O) groups excluding carboxylic acids is 1. The third-order valence-electron chi connectivity index (χ3n) is 2.52. The molecule has 0 heterocycles. The lowest BCUT2D eigenvalue weighted by atomic mass is 10.2. The first-order valence-electron chi connectivity index (χ1n) is 5.77. The Hall–Kier alpha value is -1.53. The van der Waals surface area contributed by atoms with Crippen molar-refractivity contribution in [2.45, 2.75) is 24.8 Å². The largest absolute Gasteiger partial charge is 0.480 e. The fourth-order valence-corrected chi connectivity index (χ4v) is 2.36. The minimum absolute atomic E-state index is 0.119. The zero-order chi connectivity index (χ0) is 14.4. The zero-order valence-corrected chi connectivity index (χ0v) is 11.7. The molecule has 1 rings (SSSR count). The standard InChI is InChI=1S/C13H17NO4S/c1-8-3-4-9(2)11(5-8)19-7-12(16)14-10(6-15)13(17)18/h3-5,10,15H,6-7H2,1-2H3,(H,14,16)(H,17,18)/t10-/m0/s1. The van der Waals surface area contributed by atoms with E-state index in [1.165, 1.54) is 11.8 Å². The molecule has 0 radical (unpaired) electrons. The quantitative estimate of drug-likeness (QED) is 0.677. The van der Waals surface area contributed by atoms with Gasteiger partial charge in [0, 0.05) is 4.90 Å². The van der Waals surface area contributed by atoms with E-state index < -0.39 is 24.5 Å². The number of rotatable bonds is 6. The van der Waals surface area contributed by atoms with Crippen LogP contribution in [0.5, 0.6) is 0 Å². The van der Waals surface area contributed by atoms with Gasteiger partial charge in [-0.05, 0) is 25.5 Å². The fourth-order valence-electron chi connectivity index (χ4n) is 1.43. The van der Waals surface area contributed by atoms with Gasteiger partial charge in [-0.3, -0.25) is 4.79 Å². The number of amides is 1. The van der Waals surface area contributed by atoms with Gasteiger partial charge in [-0.1, -0.05) is 17.7 Å². The molecule has 6 heteroatoms. The molecule has 0 aliphatic carbocycles. The molecule has 0 aliphatic heterocycles. The van der Waals surface area contributed by atoms with E-state index in [4.69, 9.17) is 10.2 Å². The van der Waals surface area contributed by atoms with Crippen LogP contribution in [0, 0.1) is 13.8 Å². The molecule has 0 saturated carbocycles. The number of aliphatic hydroxyl groups excluding tert-OH is 1. The molecule has 1 amide bonds. The highest BCUT2D eigenvalue weighted by molar-refractivity contribution is 8.00. The van der Waals surface area contributed by atoms with Crippen LogP contribution in [0.25, 0.3) is 0 Å². The maximum atomic E-state index is 11.6. The van der Waals surface area contributed by atoms with Crippen molar-refractivity contribution in [2.24, 2.45) is 0 Å². The molecule has 0 aromatic heterocycles. The number of hydrogen-bond acceptors (Lipinski definition) is 4. The first kappa shape index (κ1) is 15.5. The van der Waals surface area contributed by atoms with Crippen LogP contribution in [-0.2, 0) is 9.59 Å². The summed E-state index contributed by atoms with van der Waals surface area (Å²) in [5.41, 5.74) is 2.17. The molecule has 1 aromatic carbocycles. The Morgan fingerprint density at radius 2 is 2.05 bits per heavy atom. The maximum absolute atomic E-state index is 11.6. The molecule has 0 unspecified atom stereocenters. The number of benzene rings is 1. The smallest absolute Gasteiger partial charge is 0.328 e.